The highest BCUT2D eigenvalue weighted by Crippen LogP contribution is 2.22. The Kier molecular flexibility index (Phi) is 7.06. The number of likely N-dealkylation sites (tertiary alicyclic amines) is 1. The molecule has 1 fully saturated rings. The van der Waals surface area contributed by atoms with Crippen LogP contribution in [-0.4, -0.2) is 55.1 Å². The van der Waals surface area contributed by atoms with E-state index in [0.29, 0.717) is 0 Å². The largest absolute Gasteiger partial charge is 0.462 e. The van der Waals surface area contributed by atoms with Crippen molar-refractivity contribution in [1.29, 1.82) is 0 Å². The minimum absolute atomic E-state index is 0.00150. The zero-order chi connectivity index (χ0) is 16.7. The van der Waals surface area contributed by atoms with Crippen LogP contribution in [-0.2, 0) is 16.1 Å². The molecule has 0 aliphatic carbocycles. The van der Waals surface area contributed by atoms with Crippen molar-refractivity contribution in [3.8, 4) is 0 Å². The van der Waals surface area contributed by atoms with E-state index in [1.807, 2.05) is 25.1 Å². The van der Waals surface area contributed by atoms with Crippen LogP contribution in [0.1, 0.15) is 38.2 Å². The zero-order valence-electron chi connectivity index (χ0n) is 14.7. The van der Waals surface area contributed by atoms with Gasteiger partial charge in [-0.05, 0) is 65.4 Å². The fourth-order valence-electron chi connectivity index (χ4n) is 3.13. The number of esters is 1. The molecule has 0 unspecified atom stereocenters. The summed E-state index contributed by atoms with van der Waals surface area (Å²) in [5.74, 6) is -0.0456. The van der Waals surface area contributed by atoms with Gasteiger partial charge < -0.3 is 9.64 Å². The normalized spacial score (nSPS) is 19.9. The van der Waals surface area contributed by atoms with Crippen LogP contribution in [0.2, 0.25) is 0 Å². The Labute approximate surface area is 140 Å². The molecule has 0 bridgehead atoms. The van der Waals surface area contributed by atoms with E-state index in [0.717, 1.165) is 45.3 Å². The maximum atomic E-state index is 12.5. The molecule has 1 aromatic carbocycles. The summed E-state index contributed by atoms with van der Waals surface area (Å²) in [4.78, 5) is 16.9. The molecule has 2 rings (SSSR count). The Morgan fingerprint density at radius 1 is 1.35 bits per heavy atom. The standard InChI is InChI=1S/C19H30N2O2/c1-16(9-7-13-20(2)3)23-19(22)18-12-8-14-21(18)15-17-10-5-4-6-11-17/h4-6,10-11,16,18H,7-9,12-15H2,1-3H3/t16-,18-/m0/s1. The Hall–Kier alpha value is -1.39. The summed E-state index contributed by atoms with van der Waals surface area (Å²) in [7, 11) is 4.13. The number of hydrogen-bond donors (Lipinski definition) is 0. The van der Waals surface area contributed by atoms with Gasteiger partial charge in [0.1, 0.15) is 6.04 Å². The van der Waals surface area contributed by atoms with Crippen molar-refractivity contribution in [2.24, 2.45) is 0 Å². The molecule has 128 valence electrons. The van der Waals surface area contributed by atoms with Crippen LogP contribution in [0.3, 0.4) is 0 Å². The molecule has 0 aromatic heterocycles. The molecule has 0 N–H and O–H groups in total. The molecule has 23 heavy (non-hydrogen) atoms. The number of hydrogen-bond acceptors (Lipinski definition) is 4. The molecular weight excluding hydrogens is 288 g/mol. The third kappa shape index (κ3) is 5.96. The van der Waals surface area contributed by atoms with Gasteiger partial charge in [-0.3, -0.25) is 9.69 Å². The van der Waals surface area contributed by atoms with Crippen molar-refractivity contribution >= 4 is 5.97 Å². The van der Waals surface area contributed by atoms with Crippen LogP contribution in [0.25, 0.3) is 0 Å². The SMILES string of the molecule is C[C@@H](CCCN(C)C)OC(=O)[C@@H]1CCCN1Cc1ccccc1. The first-order valence-corrected chi connectivity index (χ1v) is 8.69. The van der Waals surface area contributed by atoms with Gasteiger partial charge in [-0.15, -0.1) is 0 Å². The average molecular weight is 318 g/mol. The van der Waals surface area contributed by atoms with Crippen LogP contribution in [0.5, 0.6) is 0 Å². The second-order valence-electron chi connectivity index (χ2n) is 6.81. The molecule has 1 aromatic rings. The van der Waals surface area contributed by atoms with Gasteiger partial charge >= 0.3 is 5.97 Å². The quantitative estimate of drug-likeness (QED) is 0.690. The summed E-state index contributed by atoms with van der Waals surface area (Å²) in [5.41, 5.74) is 1.26. The lowest BCUT2D eigenvalue weighted by atomic mass is 10.1. The van der Waals surface area contributed by atoms with E-state index in [9.17, 15) is 4.79 Å². The number of carbonyl (C=O) groups is 1. The summed E-state index contributed by atoms with van der Waals surface area (Å²) in [5, 5.41) is 0. The number of rotatable bonds is 8. The second-order valence-corrected chi connectivity index (χ2v) is 6.81. The van der Waals surface area contributed by atoms with E-state index < -0.39 is 0 Å². The molecule has 1 aliphatic heterocycles. The lowest BCUT2D eigenvalue weighted by molar-refractivity contribution is -0.154. The van der Waals surface area contributed by atoms with E-state index in [-0.39, 0.29) is 18.1 Å². The van der Waals surface area contributed by atoms with Gasteiger partial charge in [0.25, 0.3) is 0 Å². The van der Waals surface area contributed by atoms with Crippen molar-refractivity contribution in [3.05, 3.63) is 35.9 Å². The highest BCUT2D eigenvalue weighted by molar-refractivity contribution is 5.76. The van der Waals surface area contributed by atoms with Gasteiger partial charge in [0.05, 0.1) is 6.10 Å². The fourth-order valence-corrected chi connectivity index (χ4v) is 3.13. The van der Waals surface area contributed by atoms with Gasteiger partial charge in [0.2, 0.25) is 0 Å². The monoisotopic (exact) mass is 318 g/mol. The maximum absolute atomic E-state index is 12.5. The molecule has 0 saturated carbocycles. The fraction of sp³-hybridized carbons (Fsp3) is 0.632. The number of ether oxygens (including phenoxy) is 1. The zero-order valence-corrected chi connectivity index (χ0v) is 14.7. The first kappa shape index (κ1) is 18.0. The van der Waals surface area contributed by atoms with E-state index in [4.69, 9.17) is 4.74 Å². The summed E-state index contributed by atoms with van der Waals surface area (Å²) < 4.78 is 5.68. The Bertz CT molecular complexity index is 476. The van der Waals surface area contributed by atoms with Gasteiger partial charge in [0.15, 0.2) is 0 Å². The molecular formula is C19H30N2O2. The molecule has 0 amide bonds. The minimum atomic E-state index is -0.0773. The average Bonchev–Trinajstić information content (AvgIpc) is 2.96. The van der Waals surface area contributed by atoms with Crippen molar-refractivity contribution in [3.63, 3.8) is 0 Å². The van der Waals surface area contributed by atoms with Crippen molar-refractivity contribution in [2.45, 2.75) is 51.3 Å². The molecule has 4 nitrogen and oxygen atoms in total. The van der Waals surface area contributed by atoms with Crippen LogP contribution >= 0.6 is 0 Å². The Morgan fingerprint density at radius 2 is 2.09 bits per heavy atom. The van der Waals surface area contributed by atoms with Gasteiger partial charge in [-0.1, -0.05) is 30.3 Å². The first-order valence-electron chi connectivity index (χ1n) is 8.69. The summed E-state index contributed by atoms with van der Waals surface area (Å²) >= 11 is 0. The van der Waals surface area contributed by atoms with Crippen LogP contribution in [0.4, 0.5) is 0 Å². The molecule has 0 radical (unpaired) electrons. The predicted octanol–water partition coefficient (Wildman–Crippen LogP) is 2.92. The van der Waals surface area contributed by atoms with Crippen molar-refractivity contribution < 1.29 is 9.53 Å². The van der Waals surface area contributed by atoms with Crippen LogP contribution in [0, 0.1) is 0 Å². The van der Waals surface area contributed by atoms with Crippen LogP contribution < -0.4 is 0 Å². The third-order valence-electron chi connectivity index (χ3n) is 4.40. The van der Waals surface area contributed by atoms with Gasteiger partial charge in [0, 0.05) is 6.54 Å². The molecule has 1 aliphatic rings. The Balaban J connectivity index is 1.80. The lowest BCUT2D eigenvalue weighted by Gasteiger charge is -2.25. The number of benzene rings is 1. The van der Waals surface area contributed by atoms with Crippen molar-refractivity contribution in [2.75, 3.05) is 27.2 Å². The summed E-state index contributed by atoms with van der Waals surface area (Å²) in [6, 6.07) is 10.3. The van der Waals surface area contributed by atoms with Crippen molar-refractivity contribution in [1.82, 2.24) is 9.80 Å². The third-order valence-corrected chi connectivity index (χ3v) is 4.40. The predicted molar refractivity (Wildman–Crippen MR) is 93.2 cm³/mol. The Morgan fingerprint density at radius 3 is 2.78 bits per heavy atom. The molecule has 1 saturated heterocycles. The summed E-state index contributed by atoms with van der Waals surface area (Å²) in [6.07, 6.45) is 3.97. The van der Waals surface area contributed by atoms with Crippen LogP contribution in [0.15, 0.2) is 30.3 Å². The smallest absolute Gasteiger partial charge is 0.323 e. The summed E-state index contributed by atoms with van der Waals surface area (Å²) in [6.45, 7) is 4.84. The second kappa shape index (κ2) is 9.04. The first-order chi connectivity index (χ1) is 11.1. The van der Waals surface area contributed by atoms with E-state index >= 15 is 0 Å². The topological polar surface area (TPSA) is 32.8 Å². The maximum Gasteiger partial charge on any atom is 0.323 e. The van der Waals surface area contributed by atoms with E-state index in [1.54, 1.807) is 0 Å². The van der Waals surface area contributed by atoms with E-state index in [1.165, 1.54) is 5.56 Å². The number of nitrogens with zero attached hydrogens (tertiary/aromatic N) is 2. The molecule has 0 spiro atoms. The van der Waals surface area contributed by atoms with E-state index in [2.05, 4.69) is 36.0 Å². The molecule has 2 atom stereocenters. The highest BCUT2D eigenvalue weighted by atomic mass is 16.5. The molecule has 1 heterocycles. The van der Waals surface area contributed by atoms with Gasteiger partial charge in [-0.2, -0.15) is 0 Å². The lowest BCUT2D eigenvalue weighted by Crippen LogP contribution is -2.38. The molecule has 4 heteroatoms. The highest BCUT2D eigenvalue weighted by Gasteiger charge is 2.32. The van der Waals surface area contributed by atoms with Gasteiger partial charge in [-0.25, -0.2) is 0 Å². The minimum Gasteiger partial charge on any atom is -0.462 e. The number of carbonyl (C=O) groups excluding carboxylic acids is 1.